The Balaban J connectivity index is 0.000000303. The number of hydrogen-bond acceptors (Lipinski definition) is 8. The van der Waals surface area contributed by atoms with E-state index in [1.807, 2.05) is 13.8 Å². The van der Waals surface area contributed by atoms with Crippen LogP contribution in [0.3, 0.4) is 0 Å². The van der Waals surface area contributed by atoms with Crippen LogP contribution in [0.25, 0.3) is 0 Å². The van der Waals surface area contributed by atoms with Gasteiger partial charge in [-0.15, -0.1) is 0 Å². The molecule has 0 aromatic carbocycles. The van der Waals surface area contributed by atoms with Gasteiger partial charge in [0, 0.05) is 5.33 Å². The normalized spacial score (nSPS) is 28.5. The Hall–Kier alpha value is -1.64. The van der Waals surface area contributed by atoms with Gasteiger partial charge < -0.3 is 18.9 Å². The molecule has 0 fully saturated rings. The van der Waals surface area contributed by atoms with E-state index in [1.165, 1.54) is 0 Å². The van der Waals surface area contributed by atoms with Crippen molar-refractivity contribution in [3.8, 4) is 0 Å². The highest BCUT2D eigenvalue weighted by molar-refractivity contribution is 9.09. The summed E-state index contributed by atoms with van der Waals surface area (Å²) in [4.78, 5) is 18.0. The Morgan fingerprint density at radius 2 is 1.30 bits per heavy atom. The molecule has 2 rings (SSSR count). The second-order valence-electron chi connectivity index (χ2n) is 8.10. The van der Waals surface area contributed by atoms with Crippen LogP contribution in [0.2, 0.25) is 0 Å². The number of methoxy groups -OCH3 is 4. The number of hydrogen-bond donors (Lipinski definition) is 0. The van der Waals surface area contributed by atoms with E-state index in [2.05, 4.69) is 63.6 Å². The molecule has 0 amide bonds. The van der Waals surface area contributed by atoms with Crippen molar-refractivity contribution in [2.45, 2.75) is 65.2 Å². The van der Waals surface area contributed by atoms with Gasteiger partial charge in [-0.25, -0.2) is 20.0 Å². The molecule has 0 N–H and O–H groups in total. The third-order valence-corrected chi connectivity index (χ3v) is 5.96. The maximum absolute atomic E-state index is 5.33. The second kappa shape index (κ2) is 11.7. The Bertz CT molecular complexity index is 690. The topological polar surface area (TPSA) is 86.4 Å². The molecule has 172 valence electrons. The van der Waals surface area contributed by atoms with E-state index in [1.54, 1.807) is 28.4 Å². The van der Waals surface area contributed by atoms with Gasteiger partial charge in [0.15, 0.2) is 0 Å². The summed E-state index contributed by atoms with van der Waals surface area (Å²) in [6.07, 6.45) is 0. The Morgan fingerprint density at radius 3 is 1.70 bits per heavy atom. The number of alkyl halides is 1. The number of nitrogens with zero attached hydrogens (tertiary/aromatic N) is 4. The van der Waals surface area contributed by atoms with E-state index >= 15 is 0 Å². The van der Waals surface area contributed by atoms with E-state index < -0.39 is 5.54 Å². The first-order chi connectivity index (χ1) is 14.1. The van der Waals surface area contributed by atoms with Crippen molar-refractivity contribution >= 4 is 39.5 Å². The van der Waals surface area contributed by atoms with Gasteiger partial charge in [-0.1, -0.05) is 43.6 Å². The molecule has 0 bridgehead atoms. The fourth-order valence-corrected chi connectivity index (χ4v) is 3.46. The van der Waals surface area contributed by atoms with Gasteiger partial charge in [0.1, 0.15) is 23.7 Å². The summed E-state index contributed by atoms with van der Waals surface area (Å²) >= 11 is 3.44. The molecule has 0 aromatic heterocycles. The molecule has 0 radical (unpaired) electrons. The maximum Gasteiger partial charge on any atom is 0.213 e. The molecule has 9 heteroatoms. The molecule has 0 saturated carbocycles. The molecule has 0 aliphatic carbocycles. The van der Waals surface area contributed by atoms with Gasteiger partial charge in [-0.2, -0.15) is 0 Å². The molecule has 4 atom stereocenters. The van der Waals surface area contributed by atoms with Gasteiger partial charge in [-0.3, -0.25) is 0 Å². The minimum absolute atomic E-state index is 0.00819. The van der Waals surface area contributed by atoms with Gasteiger partial charge in [0.05, 0.1) is 28.4 Å². The summed E-state index contributed by atoms with van der Waals surface area (Å²) in [5.41, 5.74) is -0.467. The smallest absolute Gasteiger partial charge is 0.213 e. The highest BCUT2D eigenvalue weighted by Crippen LogP contribution is 2.26. The predicted molar refractivity (Wildman–Crippen MR) is 127 cm³/mol. The summed E-state index contributed by atoms with van der Waals surface area (Å²) in [5.74, 6) is 3.43. The fraction of sp³-hybridized carbons (Fsp3) is 0.810. The second-order valence-corrected chi connectivity index (χ2v) is 8.66. The fourth-order valence-electron chi connectivity index (χ4n) is 3.09. The summed E-state index contributed by atoms with van der Waals surface area (Å²) < 4.78 is 21.0. The molecule has 2 heterocycles. The van der Waals surface area contributed by atoms with Gasteiger partial charge >= 0.3 is 0 Å². The average Bonchev–Trinajstić information content (AvgIpc) is 2.73. The van der Waals surface area contributed by atoms with Crippen molar-refractivity contribution in [1.29, 1.82) is 0 Å². The molecular weight excluding hydrogens is 452 g/mol. The monoisotopic (exact) mass is 488 g/mol. The summed E-state index contributed by atoms with van der Waals surface area (Å²) in [7, 11) is 6.52. The van der Waals surface area contributed by atoms with Crippen molar-refractivity contribution in [2.75, 3.05) is 33.8 Å². The van der Waals surface area contributed by atoms with Crippen LogP contribution in [-0.4, -0.2) is 81.0 Å². The lowest BCUT2D eigenvalue weighted by molar-refractivity contribution is 0.318. The van der Waals surface area contributed by atoms with Crippen LogP contribution in [0.5, 0.6) is 0 Å². The van der Waals surface area contributed by atoms with Crippen molar-refractivity contribution in [1.82, 2.24) is 0 Å². The Labute approximate surface area is 189 Å². The van der Waals surface area contributed by atoms with Gasteiger partial charge in [0.2, 0.25) is 23.6 Å². The molecule has 2 aliphatic rings. The van der Waals surface area contributed by atoms with Crippen molar-refractivity contribution < 1.29 is 18.9 Å². The van der Waals surface area contributed by atoms with Crippen LogP contribution >= 0.6 is 15.9 Å². The maximum atomic E-state index is 5.33. The Morgan fingerprint density at radius 1 is 0.800 bits per heavy atom. The van der Waals surface area contributed by atoms with E-state index in [4.69, 9.17) is 18.9 Å². The average molecular weight is 489 g/mol. The molecule has 1 unspecified atom stereocenters. The van der Waals surface area contributed by atoms with Crippen LogP contribution in [0.4, 0.5) is 0 Å². The van der Waals surface area contributed by atoms with Crippen molar-refractivity contribution in [3.05, 3.63) is 0 Å². The Kier molecular flexibility index (Phi) is 10.3. The van der Waals surface area contributed by atoms with Gasteiger partial charge in [0.25, 0.3) is 0 Å². The van der Waals surface area contributed by atoms with Crippen LogP contribution in [0.1, 0.15) is 41.5 Å². The molecule has 30 heavy (non-hydrogen) atoms. The summed E-state index contributed by atoms with van der Waals surface area (Å²) in [5, 5.41) is 0.657. The first-order valence-electron chi connectivity index (χ1n) is 10.1. The molecule has 0 spiro atoms. The van der Waals surface area contributed by atoms with Crippen LogP contribution in [-0.2, 0) is 18.9 Å². The van der Waals surface area contributed by atoms with Gasteiger partial charge in [-0.05, 0) is 25.7 Å². The number of halogens is 1. The number of ether oxygens (including phenoxy) is 4. The summed E-state index contributed by atoms with van der Waals surface area (Å²) in [6.45, 7) is 12.3. The molecular formula is C21H37BrN4O4. The standard InChI is InChI=1S/C11H19BrN2O2.C10H18N2O2/c1-7(2)8-9(15-4)14-11(3,6-12)10(13-8)16-5;1-6(2)8-10(14-5)11-7(3)9(12-8)13-4/h7-8H,6H2,1-5H3;6-8H,1-5H3/t8-,11+;7?,8-/m11/s1. The number of aliphatic imine (C=N–C) groups is 4. The first kappa shape index (κ1) is 26.4. The molecule has 0 aromatic rings. The first-order valence-corrected chi connectivity index (χ1v) is 11.3. The lowest BCUT2D eigenvalue weighted by Gasteiger charge is -2.32. The molecule has 8 nitrogen and oxygen atoms in total. The molecule has 2 aliphatic heterocycles. The lowest BCUT2D eigenvalue weighted by atomic mass is 9.99. The SMILES string of the molecule is COC1=N[C@@](C)(CBr)C(OC)=N[C@@H]1C(C)C.COC1=N[C@H](C(C)C)C(OC)=NC1C. The van der Waals surface area contributed by atoms with Crippen molar-refractivity contribution in [2.24, 2.45) is 31.8 Å². The van der Waals surface area contributed by atoms with Crippen LogP contribution in [0.15, 0.2) is 20.0 Å². The van der Waals surface area contributed by atoms with E-state index in [9.17, 15) is 0 Å². The largest absolute Gasteiger partial charge is 0.483 e. The van der Waals surface area contributed by atoms with E-state index in [0.717, 1.165) is 0 Å². The van der Waals surface area contributed by atoms with Crippen LogP contribution < -0.4 is 0 Å². The molecule has 0 saturated heterocycles. The predicted octanol–water partition coefficient (Wildman–Crippen LogP) is 3.77. The highest BCUT2D eigenvalue weighted by Gasteiger charge is 2.38. The highest BCUT2D eigenvalue weighted by atomic mass is 79.9. The zero-order valence-electron chi connectivity index (χ0n) is 19.9. The lowest BCUT2D eigenvalue weighted by Crippen LogP contribution is -2.45. The third kappa shape index (κ3) is 6.18. The third-order valence-electron chi connectivity index (χ3n) is 4.87. The quantitative estimate of drug-likeness (QED) is 0.565. The van der Waals surface area contributed by atoms with E-state index in [0.29, 0.717) is 40.8 Å². The van der Waals surface area contributed by atoms with E-state index in [-0.39, 0.29) is 18.1 Å². The minimum atomic E-state index is -0.467. The van der Waals surface area contributed by atoms with Crippen LogP contribution in [0, 0.1) is 11.8 Å². The minimum Gasteiger partial charge on any atom is -0.483 e. The van der Waals surface area contributed by atoms with Crippen molar-refractivity contribution in [3.63, 3.8) is 0 Å². The number of rotatable bonds is 3. The zero-order valence-corrected chi connectivity index (χ0v) is 21.5. The summed E-state index contributed by atoms with van der Waals surface area (Å²) in [6, 6.07) is -0.0943. The zero-order chi connectivity index (χ0) is 23.1.